The second-order valence-corrected chi connectivity index (χ2v) is 7.08. The summed E-state index contributed by atoms with van der Waals surface area (Å²) < 4.78 is 18.7. The Morgan fingerprint density at radius 2 is 1.84 bits per heavy atom. The van der Waals surface area contributed by atoms with Crippen LogP contribution in [0.5, 0.6) is 5.75 Å². The number of pyridine rings is 1. The molecule has 4 rings (SSSR count). The highest BCUT2D eigenvalue weighted by Crippen LogP contribution is 2.42. The zero-order valence-electron chi connectivity index (χ0n) is 16.9. The van der Waals surface area contributed by atoms with Gasteiger partial charge in [-0.15, -0.1) is 0 Å². The molecule has 0 spiro atoms. The molecule has 1 fully saturated rings. The number of aryl methyl sites for hydroxylation is 1. The molecule has 3 aromatic rings. The van der Waals surface area contributed by atoms with Crippen LogP contribution >= 0.6 is 0 Å². The molecule has 0 radical (unpaired) electrons. The second-order valence-electron chi connectivity index (χ2n) is 7.08. The maximum absolute atomic E-state index is 13.5. The molecule has 0 saturated carbocycles. The first-order chi connectivity index (χ1) is 14.9. The van der Waals surface area contributed by atoms with Crippen molar-refractivity contribution in [3.63, 3.8) is 0 Å². The number of rotatable bonds is 4. The largest absolute Gasteiger partial charge is 0.507 e. The van der Waals surface area contributed by atoms with Gasteiger partial charge in [-0.1, -0.05) is 6.07 Å². The number of methoxy groups -OCH3 is 1. The normalized spacial score (nSPS) is 17.8. The number of carbonyl (C=O) groups is 2. The van der Waals surface area contributed by atoms with E-state index in [1.807, 2.05) is 0 Å². The zero-order valence-corrected chi connectivity index (χ0v) is 16.9. The van der Waals surface area contributed by atoms with Crippen molar-refractivity contribution in [3.8, 4) is 5.75 Å². The van der Waals surface area contributed by atoms with Crippen LogP contribution in [0.4, 0.5) is 10.1 Å². The van der Waals surface area contributed by atoms with Crippen LogP contribution in [0.25, 0.3) is 5.76 Å². The fourth-order valence-electron chi connectivity index (χ4n) is 3.69. The van der Waals surface area contributed by atoms with Gasteiger partial charge in [0.15, 0.2) is 0 Å². The molecule has 1 N–H and O–H groups in total. The van der Waals surface area contributed by atoms with Gasteiger partial charge in [0, 0.05) is 17.4 Å². The first-order valence-electron chi connectivity index (χ1n) is 9.55. The van der Waals surface area contributed by atoms with Gasteiger partial charge in [-0.25, -0.2) is 4.39 Å². The third-order valence-corrected chi connectivity index (χ3v) is 5.21. The van der Waals surface area contributed by atoms with Crippen LogP contribution in [0, 0.1) is 12.7 Å². The van der Waals surface area contributed by atoms with Crippen LogP contribution in [-0.4, -0.2) is 28.9 Å². The van der Waals surface area contributed by atoms with Crippen LogP contribution in [-0.2, 0) is 9.59 Å². The van der Waals surface area contributed by atoms with E-state index in [4.69, 9.17) is 4.74 Å². The average molecular weight is 418 g/mol. The van der Waals surface area contributed by atoms with Crippen molar-refractivity contribution >= 4 is 23.1 Å². The van der Waals surface area contributed by atoms with E-state index in [2.05, 4.69) is 4.98 Å². The van der Waals surface area contributed by atoms with Crippen molar-refractivity contribution < 1.29 is 23.8 Å². The van der Waals surface area contributed by atoms with Crippen LogP contribution in [0.15, 0.2) is 72.4 Å². The molecule has 156 valence electrons. The van der Waals surface area contributed by atoms with Crippen molar-refractivity contribution in [1.82, 2.24) is 4.98 Å². The second kappa shape index (κ2) is 8.02. The monoisotopic (exact) mass is 418 g/mol. The first-order valence-corrected chi connectivity index (χ1v) is 9.55. The molecule has 2 heterocycles. The van der Waals surface area contributed by atoms with Crippen molar-refractivity contribution in [1.29, 1.82) is 0 Å². The predicted octanol–water partition coefficient (Wildman–Crippen LogP) is 4.16. The van der Waals surface area contributed by atoms with Crippen LogP contribution < -0.4 is 9.64 Å². The summed E-state index contributed by atoms with van der Waals surface area (Å²) in [7, 11) is 1.53. The molecule has 2 aromatic carbocycles. The molecule has 1 amide bonds. The Balaban J connectivity index is 1.93. The Labute approximate surface area is 178 Å². The number of amides is 1. The number of aromatic nitrogens is 1. The fourth-order valence-corrected chi connectivity index (χ4v) is 3.69. The van der Waals surface area contributed by atoms with Gasteiger partial charge >= 0.3 is 0 Å². The summed E-state index contributed by atoms with van der Waals surface area (Å²) in [6, 6.07) is 14.4. The third-order valence-electron chi connectivity index (χ3n) is 5.21. The van der Waals surface area contributed by atoms with Gasteiger partial charge in [-0.3, -0.25) is 19.5 Å². The number of Topliss-reactive ketones (excluding diaryl/α,β-unsaturated/α-hetero) is 1. The lowest BCUT2D eigenvalue weighted by Crippen LogP contribution is -2.29. The number of aliphatic hydroxyl groups excluding tert-OH is 1. The number of ether oxygens (including phenoxy) is 1. The van der Waals surface area contributed by atoms with E-state index < -0.39 is 23.5 Å². The number of nitrogens with zero attached hydrogens (tertiary/aromatic N) is 2. The van der Waals surface area contributed by atoms with Gasteiger partial charge in [0.2, 0.25) is 0 Å². The predicted molar refractivity (Wildman–Crippen MR) is 113 cm³/mol. The lowest BCUT2D eigenvalue weighted by atomic mass is 9.96. The lowest BCUT2D eigenvalue weighted by Gasteiger charge is -2.24. The molecule has 6 nitrogen and oxygen atoms in total. The van der Waals surface area contributed by atoms with Crippen LogP contribution in [0.2, 0.25) is 0 Å². The molecule has 1 aliphatic heterocycles. The summed E-state index contributed by atoms with van der Waals surface area (Å²) in [5, 5.41) is 11.1. The van der Waals surface area contributed by atoms with Crippen molar-refractivity contribution in [2.75, 3.05) is 12.0 Å². The van der Waals surface area contributed by atoms with E-state index in [1.54, 1.807) is 49.5 Å². The molecule has 1 unspecified atom stereocenters. The quantitative estimate of drug-likeness (QED) is 0.391. The summed E-state index contributed by atoms with van der Waals surface area (Å²) in [6.45, 7) is 1.77. The summed E-state index contributed by atoms with van der Waals surface area (Å²) in [6.07, 6.45) is 1.54. The zero-order chi connectivity index (χ0) is 22.1. The minimum absolute atomic E-state index is 0.0821. The number of ketones is 1. The summed E-state index contributed by atoms with van der Waals surface area (Å²) >= 11 is 0. The van der Waals surface area contributed by atoms with Gasteiger partial charge in [0.1, 0.15) is 23.4 Å². The molecular formula is C24H19FN2O4. The van der Waals surface area contributed by atoms with Gasteiger partial charge in [0.25, 0.3) is 11.7 Å². The highest BCUT2D eigenvalue weighted by molar-refractivity contribution is 6.51. The Morgan fingerprint density at radius 3 is 2.45 bits per heavy atom. The minimum atomic E-state index is -0.965. The van der Waals surface area contributed by atoms with E-state index in [1.165, 1.54) is 36.3 Å². The fraction of sp³-hybridized carbons (Fsp3) is 0.125. The molecule has 0 aliphatic carbocycles. The van der Waals surface area contributed by atoms with Gasteiger partial charge in [-0.05, 0) is 67.1 Å². The summed E-state index contributed by atoms with van der Waals surface area (Å²) in [5.41, 5.74) is 1.72. The molecule has 1 aliphatic rings. The van der Waals surface area contributed by atoms with Crippen molar-refractivity contribution in [2.24, 2.45) is 0 Å². The van der Waals surface area contributed by atoms with E-state index in [9.17, 15) is 19.1 Å². The molecule has 31 heavy (non-hydrogen) atoms. The van der Waals surface area contributed by atoms with Gasteiger partial charge in [-0.2, -0.15) is 0 Å². The maximum Gasteiger partial charge on any atom is 0.300 e. The molecule has 1 aromatic heterocycles. The number of hydrogen-bond acceptors (Lipinski definition) is 5. The minimum Gasteiger partial charge on any atom is -0.507 e. The summed E-state index contributed by atoms with van der Waals surface area (Å²) in [4.78, 5) is 31.6. The Hall–Kier alpha value is -4.00. The van der Waals surface area contributed by atoms with Gasteiger partial charge in [0.05, 0.1) is 18.4 Å². The molecule has 0 bridgehead atoms. The topological polar surface area (TPSA) is 79.7 Å². The Bertz CT molecular complexity index is 1190. The van der Waals surface area contributed by atoms with Crippen LogP contribution in [0.3, 0.4) is 0 Å². The van der Waals surface area contributed by atoms with E-state index in [0.717, 1.165) is 0 Å². The highest BCUT2D eigenvalue weighted by Gasteiger charge is 2.47. The lowest BCUT2D eigenvalue weighted by molar-refractivity contribution is -0.132. The average Bonchev–Trinajstić information content (AvgIpc) is 3.05. The van der Waals surface area contributed by atoms with Crippen molar-refractivity contribution in [2.45, 2.75) is 13.0 Å². The third kappa shape index (κ3) is 3.54. The van der Waals surface area contributed by atoms with Crippen molar-refractivity contribution in [3.05, 3.63) is 95.1 Å². The highest BCUT2D eigenvalue weighted by atomic mass is 19.1. The number of anilines is 1. The molecule has 7 heteroatoms. The Kier molecular flexibility index (Phi) is 5.25. The smallest absolute Gasteiger partial charge is 0.300 e. The number of halogens is 1. The number of carbonyl (C=O) groups excluding carboxylic acids is 2. The Morgan fingerprint density at radius 1 is 1.10 bits per heavy atom. The number of hydrogen-bond donors (Lipinski definition) is 1. The molecule has 1 atom stereocenters. The standard InChI is InChI=1S/C24H19FN2O4/c1-14-13-17(31-2)10-11-18(14)22(28)20-21(19-5-3-4-12-26-19)27(24(30)23(20)29)16-8-6-15(25)7-9-16/h3-13,21,28H,1-2H3/b22-20-. The first kappa shape index (κ1) is 20.3. The molecule has 1 saturated heterocycles. The van der Waals surface area contributed by atoms with Gasteiger partial charge < -0.3 is 9.84 Å². The number of benzene rings is 2. The maximum atomic E-state index is 13.5. The SMILES string of the molecule is COc1ccc(/C(O)=C2/C(=O)C(=O)N(c3ccc(F)cc3)C2c2ccccn2)c(C)c1. The van der Waals surface area contributed by atoms with E-state index in [-0.39, 0.29) is 11.3 Å². The summed E-state index contributed by atoms with van der Waals surface area (Å²) in [5.74, 6) is -1.84. The van der Waals surface area contributed by atoms with Crippen LogP contribution in [0.1, 0.15) is 22.9 Å². The molecular weight excluding hydrogens is 399 g/mol. The van der Waals surface area contributed by atoms with E-state index >= 15 is 0 Å². The van der Waals surface area contributed by atoms with E-state index in [0.29, 0.717) is 28.3 Å². The number of aliphatic hydroxyl groups is 1.